The van der Waals surface area contributed by atoms with E-state index in [1.54, 1.807) is 0 Å². The molecule has 2 heteroatoms. The Morgan fingerprint density at radius 3 is 2.50 bits per heavy atom. The first-order valence-electron chi connectivity index (χ1n) is 6.96. The Labute approximate surface area is 109 Å². The largest absolute Gasteiger partial charge is 0.374 e. The van der Waals surface area contributed by atoms with E-state index in [2.05, 4.69) is 19.1 Å². The highest BCUT2D eigenvalue weighted by Crippen LogP contribution is 2.41. The van der Waals surface area contributed by atoms with Gasteiger partial charge in [0.1, 0.15) is 6.61 Å². The Kier molecular flexibility index (Phi) is 4.54. The lowest BCUT2D eigenvalue weighted by Gasteiger charge is -2.28. The van der Waals surface area contributed by atoms with Crippen molar-refractivity contribution in [3.63, 3.8) is 0 Å². The van der Waals surface area contributed by atoms with E-state index >= 15 is 0 Å². The topological polar surface area (TPSA) is 26.3 Å². The first kappa shape index (κ1) is 13.3. The summed E-state index contributed by atoms with van der Waals surface area (Å²) in [6.07, 6.45) is 5.21. The molecule has 1 aliphatic carbocycles. The molecule has 1 aromatic carbocycles. The minimum atomic E-state index is -0.269. The van der Waals surface area contributed by atoms with Gasteiger partial charge < -0.3 is 4.74 Å². The van der Waals surface area contributed by atoms with E-state index in [0.717, 1.165) is 32.1 Å². The number of benzene rings is 1. The molecular formula is C16H22O2. The zero-order chi connectivity index (χ0) is 12.8. The van der Waals surface area contributed by atoms with Gasteiger partial charge in [0.05, 0.1) is 5.41 Å². The second-order valence-corrected chi connectivity index (χ2v) is 5.13. The highest BCUT2D eigenvalue weighted by Gasteiger charge is 2.41. The van der Waals surface area contributed by atoms with Crippen LogP contribution in [0.3, 0.4) is 0 Å². The van der Waals surface area contributed by atoms with Crippen LogP contribution >= 0.6 is 0 Å². The maximum absolute atomic E-state index is 12.5. The molecule has 0 saturated heterocycles. The second-order valence-electron chi connectivity index (χ2n) is 5.13. The van der Waals surface area contributed by atoms with Crippen LogP contribution in [-0.4, -0.2) is 19.0 Å². The van der Waals surface area contributed by atoms with E-state index in [-0.39, 0.29) is 17.8 Å². The van der Waals surface area contributed by atoms with Crippen molar-refractivity contribution in [2.75, 3.05) is 13.2 Å². The molecule has 0 spiro atoms. The predicted octanol–water partition coefficient (Wildman–Crippen LogP) is 3.49. The van der Waals surface area contributed by atoms with Crippen LogP contribution in [-0.2, 0) is 14.9 Å². The summed E-state index contributed by atoms with van der Waals surface area (Å²) in [5.41, 5.74) is 0.905. The third kappa shape index (κ3) is 2.64. The number of ether oxygens (including phenoxy) is 1. The van der Waals surface area contributed by atoms with Gasteiger partial charge in [-0.05, 0) is 24.8 Å². The van der Waals surface area contributed by atoms with Gasteiger partial charge in [0.25, 0.3) is 0 Å². The van der Waals surface area contributed by atoms with Gasteiger partial charge in [0.2, 0.25) is 0 Å². The van der Waals surface area contributed by atoms with Crippen LogP contribution in [0.15, 0.2) is 30.3 Å². The van der Waals surface area contributed by atoms with E-state index in [9.17, 15) is 4.79 Å². The van der Waals surface area contributed by atoms with E-state index < -0.39 is 0 Å². The van der Waals surface area contributed by atoms with Crippen LogP contribution < -0.4 is 0 Å². The summed E-state index contributed by atoms with van der Waals surface area (Å²) in [5.74, 6) is 0.264. The standard InChI is InChI=1S/C16H22O2/c1-2-12-18-13-15(17)16(10-6-7-11-16)14-8-4-3-5-9-14/h3-5,8-9H,2,6-7,10-13H2,1H3. The predicted molar refractivity (Wildman–Crippen MR) is 72.7 cm³/mol. The zero-order valence-corrected chi connectivity index (χ0v) is 11.2. The molecule has 1 aromatic rings. The molecule has 18 heavy (non-hydrogen) atoms. The fourth-order valence-corrected chi connectivity index (χ4v) is 2.91. The first-order chi connectivity index (χ1) is 8.79. The van der Waals surface area contributed by atoms with Crippen molar-refractivity contribution in [3.05, 3.63) is 35.9 Å². The molecule has 0 radical (unpaired) electrons. The highest BCUT2D eigenvalue weighted by atomic mass is 16.5. The third-order valence-corrected chi connectivity index (χ3v) is 3.90. The maximum Gasteiger partial charge on any atom is 0.168 e. The minimum absolute atomic E-state index is 0.264. The number of carbonyl (C=O) groups excluding carboxylic acids is 1. The van der Waals surface area contributed by atoms with Gasteiger partial charge in [-0.2, -0.15) is 0 Å². The van der Waals surface area contributed by atoms with Gasteiger partial charge in [-0.1, -0.05) is 50.1 Å². The number of Topliss-reactive ketones (excluding diaryl/α,β-unsaturated/α-hetero) is 1. The quantitative estimate of drug-likeness (QED) is 0.718. The number of ketones is 1. The summed E-state index contributed by atoms with van der Waals surface area (Å²) in [4.78, 5) is 12.5. The fraction of sp³-hybridized carbons (Fsp3) is 0.562. The number of rotatable bonds is 6. The molecule has 0 unspecified atom stereocenters. The van der Waals surface area contributed by atoms with Gasteiger partial charge in [0.15, 0.2) is 5.78 Å². The summed E-state index contributed by atoms with van der Waals surface area (Å²) in [6, 6.07) is 10.2. The number of hydrogen-bond donors (Lipinski definition) is 0. The van der Waals surface area contributed by atoms with Crippen LogP contribution in [0.4, 0.5) is 0 Å². The Morgan fingerprint density at radius 1 is 1.22 bits per heavy atom. The zero-order valence-electron chi connectivity index (χ0n) is 11.2. The summed E-state index contributed by atoms with van der Waals surface area (Å²) in [6.45, 7) is 3.01. The van der Waals surface area contributed by atoms with Crippen molar-refractivity contribution < 1.29 is 9.53 Å². The van der Waals surface area contributed by atoms with Crippen molar-refractivity contribution in [1.29, 1.82) is 0 Å². The van der Waals surface area contributed by atoms with Crippen LogP contribution in [0.2, 0.25) is 0 Å². The molecule has 0 N–H and O–H groups in total. The summed E-state index contributed by atoms with van der Waals surface area (Å²) in [7, 11) is 0. The third-order valence-electron chi connectivity index (χ3n) is 3.90. The number of hydrogen-bond acceptors (Lipinski definition) is 2. The van der Waals surface area contributed by atoms with E-state index in [0.29, 0.717) is 6.61 Å². The minimum Gasteiger partial charge on any atom is -0.374 e. The lowest BCUT2D eigenvalue weighted by molar-refractivity contribution is -0.129. The average molecular weight is 246 g/mol. The van der Waals surface area contributed by atoms with E-state index in [1.807, 2.05) is 18.2 Å². The lowest BCUT2D eigenvalue weighted by atomic mass is 9.75. The Hall–Kier alpha value is -1.15. The summed E-state index contributed by atoms with van der Waals surface area (Å²) < 4.78 is 5.45. The fourth-order valence-electron chi connectivity index (χ4n) is 2.91. The van der Waals surface area contributed by atoms with Gasteiger partial charge in [-0.15, -0.1) is 0 Å². The van der Waals surface area contributed by atoms with Gasteiger partial charge in [-0.3, -0.25) is 4.79 Å². The Bertz CT molecular complexity index is 377. The molecule has 0 aliphatic heterocycles. The van der Waals surface area contributed by atoms with Gasteiger partial charge in [-0.25, -0.2) is 0 Å². The van der Waals surface area contributed by atoms with Crippen molar-refractivity contribution in [1.82, 2.24) is 0 Å². The molecule has 0 heterocycles. The second kappa shape index (κ2) is 6.14. The summed E-state index contributed by atoms with van der Waals surface area (Å²) in [5, 5.41) is 0. The maximum atomic E-state index is 12.5. The summed E-state index contributed by atoms with van der Waals surface area (Å²) >= 11 is 0. The average Bonchev–Trinajstić information content (AvgIpc) is 2.90. The molecule has 1 aliphatic rings. The molecule has 0 bridgehead atoms. The van der Waals surface area contributed by atoms with Crippen molar-refractivity contribution in [3.8, 4) is 0 Å². The Morgan fingerprint density at radius 2 is 1.89 bits per heavy atom. The molecule has 2 nitrogen and oxygen atoms in total. The highest BCUT2D eigenvalue weighted by molar-refractivity contribution is 5.91. The molecule has 1 fully saturated rings. The molecule has 0 atom stereocenters. The monoisotopic (exact) mass is 246 g/mol. The molecule has 0 aromatic heterocycles. The first-order valence-corrected chi connectivity index (χ1v) is 6.96. The normalized spacial score (nSPS) is 17.8. The molecule has 1 saturated carbocycles. The smallest absolute Gasteiger partial charge is 0.168 e. The van der Waals surface area contributed by atoms with Crippen molar-refractivity contribution in [2.24, 2.45) is 0 Å². The van der Waals surface area contributed by atoms with Crippen LogP contribution in [0.5, 0.6) is 0 Å². The van der Waals surface area contributed by atoms with Crippen molar-refractivity contribution in [2.45, 2.75) is 44.4 Å². The van der Waals surface area contributed by atoms with Crippen LogP contribution in [0, 0.1) is 0 Å². The molecular weight excluding hydrogens is 224 g/mol. The molecule has 98 valence electrons. The van der Waals surface area contributed by atoms with Crippen LogP contribution in [0.1, 0.15) is 44.6 Å². The SMILES string of the molecule is CCCOCC(=O)C1(c2ccccc2)CCCC1. The molecule has 2 rings (SSSR count). The molecule has 0 amide bonds. The van der Waals surface area contributed by atoms with Gasteiger partial charge >= 0.3 is 0 Å². The van der Waals surface area contributed by atoms with Crippen LogP contribution in [0.25, 0.3) is 0 Å². The van der Waals surface area contributed by atoms with E-state index in [4.69, 9.17) is 4.74 Å². The Balaban J connectivity index is 2.14. The number of carbonyl (C=O) groups is 1. The van der Waals surface area contributed by atoms with Gasteiger partial charge in [0, 0.05) is 6.61 Å². The lowest BCUT2D eigenvalue weighted by Crippen LogP contribution is -2.36. The van der Waals surface area contributed by atoms with E-state index in [1.165, 1.54) is 5.56 Å². The van der Waals surface area contributed by atoms with Crippen molar-refractivity contribution >= 4 is 5.78 Å².